The number of hydrogen-bond donors (Lipinski definition) is 1. The summed E-state index contributed by atoms with van der Waals surface area (Å²) in [4.78, 5) is 13.3. The van der Waals surface area contributed by atoms with Crippen LogP contribution in [0.3, 0.4) is 0 Å². The molecule has 1 saturated carbocycles. The maximum absolute atomic E-state index is 13.3. The van der Waals surface area contributed by atoms with Gasteiger partial charge < -0.3 is 9.84 Å². The molecule has 2 unspecified atom stereocenters. The average molecular weight is 342 g/mol. The van der Waals surface area contributed by atoms with E-state index >= 15 is 0 Å². The van der Waals surface area contributed by atoms with Crippen LogP contribution in [0.25, 0.3) is 5.57 Å². The highest BCUT2D eigenvalue weighted by molar-refractivity contribution is 6.25. The number of hydrogen-bond acceptors (Lipinski definition) is 3. The number of allylic oxidation sites excluding steroid dienone is 2. The molecule has 1 aromatic carbocycles. The first-order chi connectivity index (χ1) is 11.9. The summed E-state index contributed by atoms with van der Waals surface area (Å²) >= 11 is 0. The highest BCUT2D eigenvalue weighted by Crippen LogP contribution is 2.42. The maximum atomic E-state index is 13.3. The maximum Gasteiger partial charge on any atom is 0.172 e. The van der Waals surface area contributed by atoms with Gasteiger partial charge in [-0.3, -0.25) is 4.79 Å². The van der Waals surface area contributed by atoms with Crippen LogP contribution < -0.4 is 0 Å². The highest BCUT2D eigenvalue weighted by atomic mass is 16.5. The molecule has 0 aliphatic heterocycles. The summed E-state index contributed by atoms with van der Waals surface area (Å²) in [6, 6.07) is 4.22. The number of rotatable bonds is 4. The summed E-state index contributed by atoms with van der Waals surface area (Å²) in [5, 5.41) is 10.9. The third-order valence-corrected chi connectivity index (χ3v) is 5.99. The first-order valence-corrected chi connectivity index (χ1v) is 9.51. The van der Waals surface area contributed by atoms with Gasteiger partial charge in [-0.25, -0.2) is 0 Å². The van der Waals surface area contributed by atoms with Crippen molar-refractivity contribution in [3.63, 3.8) is 0 Å². The van der Waals surface area contributed by atoms with Gasteiger partial charge in [0.1, 0.15) is 5.76 Å². The Bertz CT molecular complexity index is 672. The molecule has 0 heterocycles. The fraction of sp³-hybridized carbons (Fsp3) is 0.591. The van der Waals surface area contributed by atoms with E-state index in [-0.39, 0.29) is 17.6 Å². The van der Waals surface area contributed by atoms with Gasteiger partial charge >= 0.3 is 0 Å². The smallest absolute Gasteiger partial charge is 0.172 e. The predicted octanol–water partition coefficient (Wildman–Crippen LogP) is 4.50. The van der Waals surface area contributed by atoms with Crippen LogP contribution in [0.15, 0.2) is 17.9 Å². The Hall–Kier alpha value is -1.61. The van der Waals surface area contributed by atoms with Crippen molar-refractivity contribution >= 4 is 11.4 Å². The lowest BCUT2D eigenvalue weighted by Crippen LogP contribution is -2.34. The van der Waals surface area contributed by atoms with Gasteiger partial charge in [0.25, 0.3) is 0 Å². The first-order valence-electron chi connectivity index (χ1n) is 9.51. The topological polar surface area (TPSA) is 46.5 Å². The zero-order valence-corrected chi connectivity index (χ0v) is 15.9. The van der Waals surface area contributed by atoms with Crippen LogP contribution in [-0.4, -0.2) is 24.1 Å². The summed E-state index contributed by atoms with van der Waals surface area (Å²) in [6.45, 7) is 6.17. The van der Waals surface area contributed by atoms with E-state index in [1.807, 2.05) is 13.8 Å². The lowest BCUT2D eigenvalue weighted by Gasteiger charge is -2.29. The minimum absolute atomic E-state index is 0.0602. The lowest BCUT2D eigenvalue weighted by molar-refractivity contribution is -0.121. The van der Waals surface area contributed by atoms with Crippen LogP contribution in [0.4, 0.5) is 0 Å². The van der Waals surface area contributed by atoms with Gasteiger partial charge in [-0.2, -0.15) is 0 Å². The van der Waals surface area contributed by atoms with Gasteiger partial charge in [0.15, 0.2) is 5.78 Å². The van der Waals surface area contributed by atoms with E-state index in [1.165, 1.54) is 12.0 Å². The predicted molar refractivity (Wildman–Crippen MR) is 100 cm³/mol. The summed E-state index contributed by atoms with van der Waals surface area (Å²) < 4.78 is 5.60. The molecule has 2 atom stereocenters. The number of aliphatic hydroxyl groups is 1. The number of Topliss-reactive ketones (excluding diaryl/α,β-unsaturated/α-hetero) is 1. The zero-order valence-electron chi connectivity index (χ0n) is 15.9. The summed E-state index contributed by atoms with van der Waals surface area (Å²) in [5.74, 6) is 0.693. The van der Waals surface area contributed by atoms with Crippen molar-refractivity contribution in [2.24, 2.45) is 11.8 Å². The molecule has 2 aliphatic carbocycles. The fourth-order valence-electron chi connectivity index (χ4n) is 4.82. The van der Waals surface area contributed by atoms with E-state index in [1.54, 1.807) is 7.11 Å². The molecular weight excluding hydrogens is 312 g/mol. The van der Waals surface area contributed by atoms with Crippen LogP contribution in [0, 0.1) is 32.6 Å². The molecule has 0 bridgehead atoms. The highest BCUT2D eigenvalue weighted by Gasteiger charge is 2.42. The molecule has 0 radical (unpaired) electrons. The molecule has 0 aromatic heterocycles. The number of methoxy groups -OCH3 is 1. The molecule has 0 spiro atoms. The molecule has 0 amide bonds. The molecule has 3 nitrogen and oxygen atoms in total. The molecule has 3 heteroatoms. The number of ether oxygens (including phenoxy) is 1. The van der Waals surface area contributed by atoms with Crippen molar-refractivity contribution < 1.29 is 14.6 Å². The molecular formula is C22H30O3. The normalized spacial score (nSPS) is 23.2. The lowest BCUT2D eigenvalue weighted by atomic mass is 9.78. The van der Waals surface area contributed by atoms with E-state index in [0.717, 1.165) is 48.1 Å². The van der Waals surface area contributed by atoms with Gasteiger partial charge in [-0.1, -0.05) is 37.0 Å². The standard InChI is InChI=1S/C22H30O3/c1-13-10-14(2)19(15(3)11-13)20-18(25-4)12-17(22(20)24)21(23)16-8-6-5-7-9-16/h10-11,16-17,21,23H,5-9,12H2,1-4H3. The monoisotopic (exact) mass is 342 g/mol. The average Bonchev–Trinajstić information content (AvgIpc) is 2.91. The van der Waals surface area contributed by atoms with Crippen LogP contribution in [-0.2, 0) is 9.53 Å². The Morgan fingerprint density at radius 2 is 1.68 bits per heavy atom. The van der Waals surface area contributed by atoms with E-state index in [2.05, 4.69) is 19.1 Å². The van der Waals surface area contributed by atoms with Crippen molar-refractivity contribution in [2.45, 2.75) is 65.4 Å². The summed E-state index contributed by atoms with van der Waals surface area (Å²) in [5.41, 5.74) is 5.08. The Labute approximate surface area is 151 Å². The van der Waals surface area contributed by atoms with E-state index in [0.29, 0.717) is 12.0 Å². The summed E-state index contributed by atoms with van der Waals surface area (Å²) in [6.07, 6.45) is 5.61. The van der Waals surface area contributed by atoms with Crippen molar-refractivity contribution in [2.75, 3.05) is 7.11 Å². The Morgan fingerprint density at radius 3 is 2.24 bits per heavy atom. The van der Waals surface area contributed by atoms with Crippen LogP contribution >= 0.6 is 0 Å². The fourth-order valence-corrected chi connectivity index (χ4v) is 4.82. The molecule has 25 heavy (non-hydrogen) atoms. The Balaban J connectivity index is 1.93. The van der Waals surface area contributed by atoms with Crippen molar-refractivity contribution in [3.8, 4) is 0 Å². The third kappa shape index (κ3) is 3.39. The number of carbonyl (C=O) groups excluding carboxylic acids is 1. The second kappa shape index (κ2) is 7.33. The second-order valence-electron chi connectivity index (χ2n) is 7.84. The van der Waals surface area contributed by atoms with Crippen molar-refractivity contribution in [1.29, 1.82) is 0 Å². The number of ketones is 1. The zero-order chi connectivity index (χ0) is 18.1. The van der Waals surface area contributed by atoms with Crippen molar-refractivity contribution in [3.05, 3.63) is 40.1 Å². The Morgan fingerprint density at radius 1 is 1.08 bits per heavy atom. The summed E-state index contributed by atoms with van der Waals surface area (Å²) in [7, 11) is 1.64. The van der Waals surface area contributed by atoms with E-state index < -0.39 is 6.10 Å². The van der Waals surface area contributed by atoms with E-state index in [4.69, 9.17) is 4.74 Å². The molecule has 2 aliphatic rings. The minimum Gasteiger partial charge on any atom is -0.500 e. The van der Waals surface area contributed by atoms with Gasteiger partial charge in [-0.15, -0.1) is 0 Å². The van der Waals surface area contributed by atoms with Crippen molar-refractivity contribution in [1.82, 2.24) is 0 Å². The van der Waals surface area contributed by atoms with Gasteiger partial charge in [-0.05, 0) is 56.2 Å². The molecule has 3 rings (SSSR count). The second-order valence-corrected chi connectivity index (χ2v) is 7.84. The quantitative estimate of drug-likeness (QED) is 0.876. The van der Waals surface area contributed by atoms with Gasteiger partial charge in [0.2, 0.25) is 0 Å². The van der Waals surface area contributed by atoms with Crippen LogP contribution in [0.1, 0.15) is 60.8 Å². The Kier molecular flexibility index (Phi) is 5.33. The van der Waals surface area contributed by atoms with Gasteiger partial charge in [0, 0.05) is 6.42 Å². The van der Waals surface area contributed by atoms with Crippen LogP contribution in [0.2, 0.25) is 0 Å². The molecule has 1 fully saturated rings. The molecule has 0 saturated heterocycles. The molecule has 1 N–H and O–H groups in total. The molecule has 136 valence electrons. The largest absolute Gasteiger partial charge is 0.500 e. The SMILES string of the molecule is COC1=C(c2c(C)cc(C)cc2C)C(=O)C(C(O)C2CCCCC2)C1. The number of aliphatic hydroxyl groups excluding tert-OH is 1. The number of benzene rings is 1. The van der Waals surface area contributed by atoms with Crippen LogP contribution in [0.5, 0.6) is 0 Å². The number of carbonyl (C=O) groups is 1. The van der Waals surface area contributed by atoms with Gasteiger partial charge in [0.05, 0.1) is 24.7 Å². The first kappa shape index (κ1) is 18.2. The molecule has 1 aromatic rings. The third-order valence-electron chi connectivity index (χ3n) is 5.99. The minimum atomic E-state index is -0.554. The van der Waals surface area contributed by atoms with E-state index in [9.17, 15) is 9.90 Å². The number of aryl methyl sites for hydroxylation is 3.